The second-order valence-corrected chi connectivity index (χ2v) is 37.6. The smallest absolute Gasteiger partial charge is 0.192 e. The van der Waals surface area contributed by atoms with Crippen LogP contribution in [-0.4, -0.2) is 54.2 Å². The quantitative estimate of drug-likeness (QED) is 0.110. The van der Waals surface area contributed by atoms with Crippen molar-refractivity contribution in [1.82, 2.24) is 0 Å². The van der Waals surface area contributed by atoms with Gasteiger partial charge >= 0.3 is 0 Å². The Morgan fingerprint density at radius 3 is 1.37 bits per heavy atom. The molecule has 366 valence electrons. The van der Waals surface area contributed by atoms with Crippen LogP contribution in [-0.2, 0) is 13.3 Å². The summed E-state index contributed by atoms with van der Waals surface area (Å²) in [5.74, 6) is 7.47. The van der Waals surface area contributed by atoms with Gasteiger partial charge in [-0.1, -0.05) is 94.9 Å². The van der Waals surface area contributed by atoms with Crippen LogP contribution in [0.3, 0.4) is 0 Å². The van der Waals surface area contributed by atoms with Gasteiger partial charge in [0.1, 0.15) is 0 Å². The zero-order valence-corrected chi connectivity index (χ0v) is 46.8. The summed E-state index contributed by atoms with van der Waals surface area (Å²) in [6, 6.07) is 0. The molecule has 0 aromatic carbocycles. The molecule has 0 saturated heterocycles. The molecule has 0 radical (unpaired) electrons. The molecule has 0 aromatic heterocycles. The summed E-state index contributed by atoms with van der Waals surface area (Å²) >= 11 is 0. The molecular formula is C56H106O4Si3. The van der Waals surface area contributed by atoms with Gasteiger partial charge in [-0.15, -0.1) is 24.7 Å². The Hall–Kier alpha value is -0.389. The molecule has 10 atom stereocenters. The van der Waals surface area contributed by atoms with Crippen LogP contribution in [0.25, 0.3) is 0 Å². The Morgan fingerprint density at radius 1 is 0.635 bits per heavy atom. The molecule has 0 amide bonds. The maximum absolute atomic E-state index is 10.7. The molecule has 0 heterocycles. The summed E-state index contributed by atoms with van der Waals surface area (Å²) in [7, 11) is -5.77. The molecule has 4 rings (SSSR count). The molecule has 4 aliphatic carbocycles. The first kappa shape index (κ1) is 40.5. The van der Waals surface area contributed by atoms with Gasteiger partial charge in [0.2, 0.25) is 0 Å². The highest BCUT2D eigenvalue weighted by Crippen LogP contribution is 2.65. The minimum absolute atomic E-state index is 0.0185. The van der Waals surface area contributed by atoms with Crippen molar-refractivity contribution in [3.63, 3.8) is 0 Å². The topological polar surface area (TPSA) is 47.9 Å². The predicted molar refractivity (Wildman–Crippen MR) is 282 cm³/mol. The summed E-state index contributed by atoms with van der Waals surface area (Å²) in [4.78, 5) is 0. The first-order valence-electron chi connectivity index (χ1n) is 31.2. The molecule has 63 heavy (non-hydrogen) atoms. The minimum atomic E-state index is -2.98. The van der Waals surface area contributed by atoms with E-state index in [9.17, 15) is 5.11 Å². The van der Waals surface area contributed by atoms with E-state index in [0.29, 0.717) is 62.2 Å². The maximum Gasteiger partial charge on any atom is 0.192 e. The van der Waals surface area contributed by atoms with Crippen molar-refractivity contribution >= 4 is 25.7 Å². The minimum Gasteiger partial charge on any atom is -0.416 e. The van der Waals surface area contributed by atoms with Crippen LogP contribution in [0.2, 0.25) is 49.4 Å². The molecule has 1 N–H and O–H groups in total. The number of hydrogen-bond acceptors (Lipinski definition) is 4. The van der Waals surface area contributed by atoms with Gasteiger partial charge in [0, 0.05) is 41.5 Å². The predicted octanol–water partition coefficient (Wildman–Crippen LogP) is 16.1. The standard InChI is InChI=1S/C29H56O2Si2.C27H50O2Si/c1-13-19-28(7,21-15-20-27(5,6)31-32(9)10)25-18-17-23-24(16-14-22-29(23,25)8)30-33(11,12)26(2,3)4;1-11-17-26(7,19-13-18-25(5,6)28)23-16-15-21-22(14-12-20-27(21,23)8)29-30(9,10)24(2,3)4/h1,23-25,32H,14-22H2,2-12H3;1,21-23,28H,12-20H2,2-10H3/t23?,24-,25+,28-,29-;21?,22-,23+,26-,27-/m00/s1/i2*5D3,6D3. The Labute approximate surface area is 414 Å². The van der Waals surface area contributed by atoms with E-state index >= 15 is 0 Å². The Kier molecular flexibility index (Phi) is 13.6. The van der Waals surface area contributed by atoms with Gasteiger partial charge in [-0.3, -0.25) is 0 Å². The highest BCUT2D eigenvalue weighted by molar-refractivity contribution is 6.74. The van der Waals surface area contributed by atoms with E-state index in [1.54, 1.807) is 0 Å². The fraction of sp³-hybridized carbons (Fsp3) is 0.929. The van der Waals surface area contributed by atoms with E-state index in [1.807, 2.05) is 13.1 Å². The monoisotopic (exact) mass is 939 g/mol. The van der Waals surface area contributed by atoms with Crippen molar-refractivity contribution in [2.45, 2.75) is 285 Å². The van der Waals surface area contributed by atoms with Crippen molar-refractivity contribution in [3.05, 3.63) is 0 Å². The lowest BCUT2D eigenvalue weighted by molar-refractivity contribution is -0.0446. The van der Waals surface area contributed by atoms with Gasteiger partial charge in [0.15, 0.2) is 25.7 Å². The summed E-state index contributed by atoms with van der Waals surface area (Å²) in [5.41, 5.74) is -5.15. The number of aliphatic hydroxyl groups is 1. The average Bonchev–Trinajstić information content (AvgIpc) is 3.76. The zero-order valence-electron chi connectivity index (χ0n) is 55.6. The van der Waals surface area contributed by atoms with Crippen molar-refractivity contribution in [3.8, 4) is 24.7 Å². The third-order valence-corrected chi connectivity index (χ3v) is 28.2. The van der Waals surface area contributed by atoms with Crippen molar-refractivity contribution in [1.29, 1.82) is 0 Å². The first-order valence-corrected chi connectivity index (χ1v) is 33.8. The largest absolute Gasteiger partial charge is 0.416 e. The summed E-state index contributed by atoms with van der Waals surface area (Å²) < 4.78 is 115. The van der Waals surface area contributed by atoms with E-state index in [4.69, 9.17) is 42.6 Å². The van der Waals surface area contributed by atoms with Gasteiger partial charge in [0.25, 0.3) is 0 Å². The third-order valence-electron chi connectivity index (χ3n) is 18.3. The van der Waals surface area contributed by atoms with E-state index in [2.05, 4.69) is 107 Å². The highest BCUT2D eigenvalue weighted by atomic mass is 28.4. The lowest BCUT2D eigenvalue weighted by Crippen LogP contribution is -2.51. The molecular weight excluding hydrogens is 821 g/mol. The molecule has 0 bridgehead atoms. The molecule has 2 unspecified atom stereocenters. The fourth-order valence-electron chi connectivity index (χ4n) is 13.1. The van der Waals surface area contributed by atoms with E-state index in [0.717, 1.165) is 64.2 Å². The molecule has 4 aliphatic rings. The van der Waals surface area contributed by atoms with E-state index < -0.39 is 64.3 Å². The van der Waals surface area contributed by atoms with Gasteiger partial charge in [-0.05, 0) is 199 Å². The van der Waals surface area contributed by atoms with Gasteiger partial charge in [-0.2, -0.15) is 0 Å². The third kappa shape index (κ3) is 14.1. The van der Waals surface area contributed by atoms with Crippen LogP contribution in [0.4, 0.5) is 0 Å². The fourth-order valence-corrected chi connectivity index (χ4v) is 16.8. The number of rotatable bonds is 18. The van der Waals surface area contributed by atoms with Crippen molar-refractivity contribution < 1.29 is 34.8 Å². The van der Waals surface area contributed by atoms with Gasteiger partial charge in [0.05, 0.1) is 11.2 Å². The molecule has 4 nitrogen and oxygen atoms in total. The lowest BCUT2D eigenvalue weighted by atomic mass is 9.56. The van der Waals surface area contributed by atoms with Crippen LogP contribution >= 0.6 is 0 Å². The number of terminal acetylenes is 2. The molecule has 4 fully saturated rings. The zero-order chi connectivity index (χ0) is 58.3. The molecule has 7 heteroatoms. The summed E-state index contributed by atoms with van der Waals surface area (Å²) in [6.45, 7) is 24.6. The first-order chi connectivity index (χ1) is 33.5. The van der Waals surface area contributed by atoms with Crippen molar-refractivity contribution in [2.75, 3.05) is 0 Å². The van der Waals surface area contributed by atoms with Crippen LogP contribution in [0, 0.1) is 70.0 Å². The molecule has 0 aromatic rings. The number of hydrogen-bond donors (Lipinski definition) is 1. The Bertz CT molecular complexity index is 1930. The number of fused-ring (bicyclic) bond motifs is 2. The maximum atomic E-state index is 10.7. The second kappa shape index (κ2) is 21.1. The Balaban J connectivity index is 0.000000397. The molecule has 4 saturated carbocycles. The van der Waals surface area contributed by atoms with Crippen LogP contribution in [0.5, 0.6) is 0 Å². The van der Waals surface area contributed by atoms with Crippen LogP contribution < -0.4 is 0 Å². The summed E-state index contributed by atoms with van der Waals surface area (Å²) in [5, 5.41) is 11.1. The van der Waals surface area contributed by atoms with Gasteiger partial charge < -0.3 is 18.4 Å². The van der Waals surface area contributed by atoms with Crippen LogP contribution in [0.1, 0.15) is 229 Å². The Morgan fingerprint density at radius 2 is 1.03 bits per heavy atom. The highest BCUT2D eigenvalue weighted by Gasteiger charge is 2.59. The van der Waals surface area contributed by atoms with E-state index in [-0.39, 0.29) is 56.8 Å². The average molecular weight is 940 g/mol. The van der Waals surface area contributed by atoms with Crippen LogP contribution in [0.15, 0.2) is 0 Å². The van der Waals surface area contributed by atoms with E-state index in [1.165, 1.54) is 0 Å². The lowest BCUT2D eigenvalue weighted by Gasteiger charge is -2.52. The SMILES string of the molecule is [2H]C([2H])([2H])C(CCC[C@](C)(CC#C)[C@H]1CCC2[C@@H](O[Si](C)(C)C(C)(C)C)CCC[C@@]21C)(O[SiH](C)C)C([2H])([2H])[2H].[2H]C([2H])([2H])C(O)(CCC[C@](C)(CC#C)[C@H]1CCC2[C@@H](O[Si](C)(C)C(C)(C)C)CCC[C@@]21C)C([2H])([2H])[2H]. The second-order valence-electron chi connectivity index (χ2n) is 25.7. The molecule has 0 aliphatic heterocycles. The van der Waals surface area contributed by atoms with Gasteiger partial charge in [-0.25, -0.2) is 0 Å². The molecule has 0 spiro atoms. The normalized spacial score (nSPS) is 35.1. The summed E-state index contributed by atoms with van der Waals surface area (Å²) in [6.07, 6.45) is 26.2. The van der Waals surface area contributed by atoms with Crippen molar-refractivity contribution in [2.24, 2.45) is 45.3 Å².